The summed E-state index contributed by atoms with van der Waals surface area (Å²) in [5.74, 6) is 0. The van der Waals surface area contributed by atoms with Crippen molar-refractivity contribution in [3.8, 4) is 0 Å². The van der Waals surface area contributed by atoms with E-state index in [2.05, 4.69) is 52.8 Å². The summed E-state index contributed by atoms with van der Waals surface area (Å²) < 4.78 is 2.05. The molecule has 1 aromatic carbocycles. The highest BCUT2D eigenvalue weighted by molar-refractivity contribution is 5.19. The summed E-state index contributed by atoms with van der Waals surface area (Å²) in [6.07, 6.45) is 12.6. The van der Waals surface area contributed by atoms with Crippen molar-refractivity contribution in [1.82, 2.24) is 15.0 Å². The largest absolute Gasteiger partial charge is 0.246 e. The third-order valence-electron chi connectivity index (χ3n) is 3.73. The highest BCUT2D eigenvalue weighted by atomic mass is 15.4. The van der Waals surface area contributed by atoms with Crippen molar-refractivity contribution in [3.63, 3.8) is 0 Å². The van der Waals surface area contributed by atoms with Gasteiger partial charge in [-0.15, -0.1) is 5.10 Å². The smallest absolute Gasteiger partial charge is 0.0722 e. The van der Waals surface area contributed by atoms with Gasteiger partial charge in [-0.25, -0.2) is 4.68 Å². The Morgan fingerprint density at radius 2 is 2.06 bits per heavy atom. The van der Waals surface area contributed by atoms with Crippen LogP contribution in [-0.4, -0.2) is 15.0 Å². The van der Waals surface area contributed by atoms with Gasteiger partial charge in [0.2, 0.25) is 0 Å². The Morgan fingerprint density at radius 1 is 1.17 bits per heavy atom. The molecule has 1 unspecified atom stereocenters. The Labute approximate surface area is 107 Å². The van der Waals surface area contributed by atoms with Gasteiger partial charge in [-0.1, -0.05) is 47.7 Å². The Morgan fingerprint density at radius 3 is 2.72 bits per heavy atom. The van der Waals surface area contributed by atoms with Gasteiger partial charge in [0.15, 0.2) is 0 Å². The summed E-state index contributed by atoms with van der Waals surface area (Å²) in [5, 5.41) is 8.21. The summed E-state index contributed by atoms with van der Waals surface area (Å²) in [6.45, 7) is 0. The zero-order chi connectivity index (χ0) is 12.3. The Hall–Kier alpha value is -1.90. The normalized spacial score (nSPS) is 23.1. The van der Waals surface area contributed by atoms with E-state index in [9.17, 15) is 0 Å². The summed E-state index contributed by atoms with van der Waals surface area (Å²) in [7, 11) is 0. The molecule has 3 rings (SSSR count). The van der Waals surface area contributed by atoms with E-state index in [1.165, 1.54) is 5.56 Å². The van der Waals surface area contributed by atoms with E-state index in [1.54, 1.807) is 6.20 Å². The number of allylic oxidation sites excluding steroid dienone is 2. The zero-order valence-electron chi connectivity index (χ0n) is 10.4. The molecule has 3 nitrogen and oxygen atoms in total. The minimum absolute atomic E-state index is 0.0621. The van der Waals surface area contributed by atoms with Crippen molar-refractivity contribution in [2.45, 2.75) is 31.2 Å². The molecule has 0 saturated carbocycles. The maximum absolute atomic E-state index is 4.24. The molecule has 1 heterocycles. The lowest BCUT2D eigenvalue weighted by Gasteiger charge is -2.35. The Kier molecular flexibility index (Phi) is 2.97. The van der Waals surface area contributed by atoms with Crippen molar-refractivity contribution in [2.75, 3.05) is 0 Å². The number of hydrogen-bond donors (Lipinski definition) is 0. The van der Waals surface area contributed by atoms with Crippen molar-refractivity contribution in [1.29, 1.82) is 0 Å². The second-order valence-electron chi connectivity index (χ2n) is 4.95. The van der Waals surface area contributed by atoms with Gasteiger partial charge in [0.25, 0.3) is 0 Å². The van der Waals surface area contributed by atoms with Crippen LogP contribution < -0.4 is 0 Å². The molecule has 0 bridgehead atoms. The van der Waals surface area contributed by atoms with Gasteiger partial charge in [-0.05, 0) is 31.2 Å². The highest BCUT2D eigenvalue weighted by Gasteiger charge is 2.33. The number of benzene rings is 1. The zero-order valence-corrected chi connectivity index (χ0v) is 10.4. The molecular weight excluding hydrogens is 222 g/mol. The fourth-order valence-corrected chi connectivity index (χ4v) is 2.76. The van der Waals surface area contributed by atoms with Crippen LogP contribution in [0.4, 0.5) is 0 Å². The van der Waals surface area contributed by atoms with E-state index < -0.39 is 0 Å². The molecule has 1 aliphatic rings. The number of aromatic nitrogens is 3. The predicted molar refractivity (Wildman–Crippen MR) is 71.1 cm³/mol. The van der Waals surface area contributed by atoms with Crippen LogP contribution in [-0.2, 0) is 12.0 Å². The third kappa shape index (κ3) is 2.08. The lowest BCUT2D eigenvalue weighted by Crippen LogP contribution is -2.37. The van der Waals surface area contributed by atoms with Gasteiger partial charge in [0.1, 0.15) is 0 Å². The fourth-order valence-electron chi connectivity index (χ4n) is 2.76. The summed E-state index contributed by atoms with van der Waals surface area (Å²) in [5.41, 5.74) is 1.43. The van der Waals surface area contributed by atoms with Gasteiger partial charge in [0.05, 0.1) is 11.7 Å². The van der Waals surface area contributed by atoms with Crippen molar-refractivity contribution in [2.24, 2.45) is 0 Å². The van der Waals surface area contributed by atoms with E-state index in [-0.39, 0.29) is 5.54 Å². The van der Waals surface area contributed by atoms with Crippen LogP contribution >= 0.6 is 0 Å². The molecule has 0 fully saturated rings. The number of rotatable bonds is 3. The molecule has 2 aromatic rings. The first-order chi connectivity index (χ1) is 8.89. The lowest BCUT2D eigenvalue weighted by molar-refractivity contribution is 0.224. The summed E-state index contributed by atoms with van der Waals surface area (Å²) in [4.78, 5) is 0. The van der Waals surface area contributed by atoms with Crippen LogP contribution in [0.2, 0.25) is 0 Å². The molecule has 18 heavy (non-hydrogen) atoms. The van der Waals surface area contributed by atoms with Crippen molar-refractivity contribution >= 4 is 0 Å². The summed E-state index contributed by atoms with van der Waals surface area (Å²) >= 11 is 0. The van der Waals surface area contributed by atoms with E-state index in [1.807, 2.05) is 10.9 Å². The van der Waals surface area contributed by atoms with Gasteiger partial charge in [-0.2, -0.15) is 0 Å². The van der Waals surface area contributed by atoms with Gasteiger partial charge in [0, 0.05) is 6.20 Å². The van der Waals surface area contributed by atoms with Gasteiger partial charge in [-0.3, -0.25) is 0 Å². The van der Waals surface area contributed by atoms with Crippen LogP contribution in [0.3, 0.4) is 0 Å². The summed E-state index contributed by atoms with van der Waals surface area (Å²) in [6, 6.07) is 10.6. The monoisotopic (exact) mass is 239 g/mol. The van der Waals surface area contributed by atoms with Crippen LogP contribution in [0.15, 0.2) is 54.9 Å². The topological polar surface area (TPSA) is 30.7 Å². The van der Waals surface area contributed by atoms with Crippen molar-refractivity contribution < 1.29 is 0 Å². The SMILES string of the molecule is C1=CCC(Cc2ccccc2)(n2ccnn2)CC1. The number of hydrogen-bond acceptors (Lipinski definition) is 2. The predicted octanol–water partition coefficient (Wildman–Crippen LogP) is 2.96. The highest BCUT2D eigenvalue weighted by Crippen LogP contribution is 2.34. The number of nitrogens with zero attached hydrogens (tertiary/aromatic N) is 3. The first-order valence-corrected chi connectivity index (χ1v) is 6.45. The maximum Gasteiger partial charge on any atom is 0.0722 e. The van der Waals surface area contributed by atoms with E-state index in [0.29, 0.717) is 0 Å². The molecule has 0 amide bonds. The quantitative estimate of drug-likeness (QED) is 0.771. The van der Waals surface area contributed by atoms with E-state index in [4.69, 9.17) is 0 Å². The first kappa shape index (κ1) is 11.2. The molecule has 0 saturated heterocycles. The standard InChI is InChI=1S/C15H17N3/c1-3-7-14(8-4-1)13-15(9-5-2-6-10-15)18-12-11-16-17-18/h1-5,7-8,11-12H,6,9-10,13H2. The van der Waals surface area contributed by atoms with E-state index >= 15 is 0 Å². The average Bonchev–Trinajstić information content (AvgIpc) is 2.95. The molecule has 0 N–H and O–H groups in total. The van der Waals surface area contributed by atoms with Gasteiger partial charge >= 0.3 is 0 Å². The molecule has 0 spiro atoms. The molecule has 1 atom stereocenters. The fraction of sp³-hybridized carbons (Fsp3) is 0.333. The molecular formula is C15H17N3. The Balaban J connectivity index is 1.94. The second kappa shape index (κ2) is 4.77. The molecule has 1 aliphatic carbocycles. The maximum atomic E-state index is 4.24. The van der Waals surface area contributed by atoms with Crippen molar-refractivity contribution in [3.05, 3.63) is 60.4 Å². The molecule has 0 aliphatic heterocycles. The molecule has 1 aromatic heterocycles. The first-order valence-electron chi connectivity index (χ1n) is 6.45. The minimum Gasteiger partial charge on any atom is -0.246 e. The van der Waals surface area contributed by atoms with Gasteiger partial charge < -0.3 is 0 Å². The lowest BCUT2D eigenvalue weighted by atomic mass is 9.80. The van der Waals surface area contributed by atoms with Crippen LogP contribution in [0, 0.1) is 0 Å². The van der Waals surface area contributed by atoms with Crippen LogP contribution in [0.1, 0.15) is 24.8 Å². The van der Waals surface area contributed by atoms with Crippen LogP contribution in [0.25, 0.3) is 0 Å². The third-order valence-corrected chi connectivity index (χ3v) is 3.73. The average molecular weight is 239 g/mol. The minimum atomic E-state index is 0.0621. The molecule has 92 valence electrons. The van der Waals surface area contributed by atoms with E-state index in [0.717, 1.165) is 25.7 Å². The second-order valence-corrected chi connectivity index (χ2v) is 4.95. The molecule has 0 radical (unpaired) electrons. The Bertz CT molecular complexity index is 516. The van der Waals surface area contributed by atoms with Crippen LogP contribution in [0.5, 0.6) is 0 Å². The molecule has 3 heteroatoms.